The van der Waals surface area contributed by atoms with Gasteiger partial charge in [-0.15, -0.1) is 10.2 Å². The summed E-state index contributed by atoms with van der Waals surface area (Å²) in [5, 5.41) is 9.84. The minimum atomic E-state index is 0.694. The summed E-state index contributed by atoms with van der Waals surface area (Å²) in [5.74, 6) is 1.49. The van der Waals surface area contributed by atoms with Crippen molar-refractivity contribution in [2.75, 3.05) is 0 Å². The third-order valence-corrected chi connectivity index (χ3v) is 6.17. The molecule has 0 spiro atoms. The molecule has 0 aliphatic carbocycles. The van der Waals surface area contributed by atoms with Gasteiger partial charge < -0.3 is 4.40 Å². The SMILES string of the molecule is Cc1ccccc1-n1c(SCc2cn3cc(Br)ccc3n2)nnc1-c1ccncc1. The van der Waals surface area contributed by atoms with Crippen molar-refractivity contribution in [3.63, 3.8) is 0 Å². The lowest BCUT2D eigenvalue weighted by Gasteiger charge is -2.12. The molecule has 0 N–H and O–H groups in total. The van der Waals surface area contributed by atoms with Crippen LogP contribution in [0.3, 0.4) is 0 Å². The molecule has 0 radical (unpaired) electrons. The van der Waals surface area contributed by atoms with E-state index in [-0.39, 0.29) is 0 Å². The van der Waals surface area contributed by atoms with Crippen molar-refractivity contribution in [3.05, 3.63) is 89.0 Å². The fourth-order valence-corrected chi connectivity index (χ4v) is 4.49. The predicted molar refractivity (Wildman–Crippen MR) is 122 cm³/mol. The molecule has 0 saturated carbocycles. The second-order valence-electron chi connectivity index (χ2n) is 6.80. The molecular formula is C22H17BrN6S. The highest BCUT2D eigenvalue weighted by Gasteiger charge is 2.18. The molecule has 5 aromatic rings. The number of nitrogens with zero attached hydrogens (tertiary/aromatic N) is 6. The van der Waals surface area contributed by atoms with Crippen molar-refractivity contribution in [3.8, 4) is 17.1 Å². The van der Waals surface area contributed by atoms with Crippen molar-refractivity contribution in [1.29, 1.82) is 0 Å². The molecule has 0 aliphatic heterocycles. The summed E-state index contributed by atoms with van der Waals surface area (Å²) in [6.45, 7) is 2.10. The van der Waals surface area contributed by atoms with Gasteiger partial charge in [-0.1, -0.05) is 30.0 Å². The first-order valence-electron chi connectivity index (χ1n) is 9.37. The van der Waals surface area contributed by atoms with E-state index in [0.717, 1.165) is 43.6 Å². The Kier molecular flexibility index (Phi) is 5.10. The van der Waals surface area contributed by atoms with Crippen molar-refractivity contribution < 1.29 is 0 Å². The van der Waals surface area contributed by atoms with Crippen LogP contribution in [0.2, 0.25) is 0 Å². The number of rotatable bonds is 5. The second-order valence-corrected chi connectivity index (χ2v) is 8.66. The van der Waals surface area contributed by atoms with Crippen LogP contribution >= 0.6 is 27.7 Å². The van der Waals surface area contributed by atoms with Crippen LogP contribution in [0.25, 0.3) is 22.7 Å². The van der Waals surface area contributed by atoms with Crippen molar-refractivity contribution in [1.82, 2.24) is 29.1 Å². The molecule has 0 bridgehead atoms. The van der Waals surface area contributed by atoms with Crippen LogP contribution in [0.15, 0.2) is 82.9 Å². The quantitative estimate of drug-likeness (QED) is 0.320. The minimum Gasteiger partial charge on any atom is -0.306 e. The van der Waals surface area contributed by atoms with Gasteiger partial charge in [-0.25, -0.2) is 4.98 Å². The third kappa shape index (κ3) is 3.64. The monoisotopic (exact) mass is 476 g/mol. The normalized spacial score (nSPS) is 11.3. The predicted octanol–water partition coefficient (Wildman–Crippen LogP) is 5.34. The Morgan fingerprint density at radius 2 is 1.80 bits per heavy atom. The smallest absolute Gasteiger partial charge is 0.196 e. The lowest BCUT2D eigenvalue weighted by atomic mass is 10.2. The van der Waals surface area contributed by atoms with Crippen LogP contribution in [-0.2, 0) is 5.75 Å². The molecule has 148 valence electrons. The molecule has 0 fully saturated rings. The van der Waals surface area contributed by atoms with Crippen molar-refractivity contribution >= 4 is 33.3 Å². The number of benzene rings is 1. The zero-order valence-corrected chi connectivity index (χ0v) is 18.5. The average molecular weight is 477 g/mol. The molecule has 8 heteroatoms. The molecule has 6 nitrogen and oxygen atoms in total. The molecule has 0 unspecified atom stereocenters. The number of hydrogen-bond donors (Lipinski definition) is 0. The zero-order valence-electron chi connectivity index (χ0n) is 16.1. The second kappa shape index (κ2) is 8.04. The van der Waals surface area contributed by atoms with E-state index in [2.05, 4.69) is 54.7 Å². The zero-order chi connectivity index (χ0) is 20.5. The van der Waals surface area contributed by atoms with Gasteiger partial charge in [0.05, 0.1) is 11.4 Å². The van der Waals surface area contributed by atoms with Gasteiger partial charge >= 0.3 is 0 Å². The van der Waals surface area contributed by atoms with E-state index >= 15 is 0 Å². The Labute approximate surface area is 186 Å². The van der Waals surface area contributed by atoms with Gasteiger partial charge in [-0.3, -0.25) is 9.55 Å². The molecule has 0 amide bonds. The summed E-state index contributed by atoms with van der Waals surface area (Å²) >= 11 is 5.13. The molecule has 30 heavy (non-hydrogen) atoms. The number of imidazole rings is 1. The summed E-state index contributed by atoms with van der Waals surface area (Å²) in [6.07, 6.45) is 7.60. The fourth-order valence-electron chi connectivity index (χ4n) is 3.31. The summed E-state index contributed by atoms with van der Waals surface area (Å²) in [6, 6.07) is 16.2. The van der Waals surface area contributed by atoms with Crippen LogP contribution in [0.1, 0.15) is 11.3 Å². The van der Waals surface area contributed by atoms with Crippen LogP contribution < -0.4 is 0 Å². The topological polar surface area (TPSA) is 60.9 Å². The number of pyridine rings is 2. The van der Waals surface area contributed by atoms with Gasteiger partial charge in [0.1, 0.15) is 5.65 Å². The van der Waals surface area contributed by atoms with Gasteiger partial charge in [-0.2, -0.15) is 0 Å². The summed E-state index contributed by atoms with van der Waals surface area (Å²) in [5.41, 5.74) is 5.11. The standard InChI is InChI=1S/C22H17BrN6S/c1-15-4-2-3-5-19(15)29-21(16-8-10-24-11-9-16)26-27-22(29)30-14-18-13-28-12-17(23)6-7-20(28)25-18/h2-13H,14H2,1H3. The van der Waals surface area contributed by atoms with E-state index in [1.54, 1.807) is 24.2 Å². The highest BCUT2D eigenvalue weighted by molar-refractivity contribution is 9.10. The average Bonchev–Trinajstić information content (AvgIpc) is 3.36. The molecule has 4 aromatic heterocycles. The van der Waals surface area contributed by atoms with Crippen LogP contribution in [0.4, 0.5) is 0 Å². The molecular weight excluding hydrogens is 460 g/mol. The number of para-hydroxylation sites is 1. The Morgan fingerprint density at radius 3 is 2.63 bits per heavy atom. The Hall–Kier alpha value is -2.97. The Morgan fingerprint density at radius 1 is 0.967 bits per heavy atom. The number of thioether (sulfide) groups is 1. The summed E-state index contributed by atoms with van der Waals surface area (Å²) < 4.78 is 5.16. The fraction of sp³-hybridized carbons (Fsp3) is 0.0909. The lowest BCUT2D eigenvalue weighted by molar-refractivity contribution is 0.879. The van der Waals surface area contributed by atoms with Crippen LogP contribution in [0, 0.1) is 6.92 Å². The maximum Gasteiger partial charge on any atom is 0.196 e. The van der Waals surface area contributed by atoms with Gasteiger partial charge in [-0.05, 0) is 58.7 Å². The first kappa shape index (κ1) is 19.0. The lowest BCUT2D eigenvalue weighted by Crippen LogP contribution is -2.02. The first-order chi connectivity index (χ1) is 14.7. The largest absolute Gasteiger partial charge is 0.306 e. The molecule has 1 aromatic carbocycles. The van der Waals surface area contributed by atoms with E-state index in [1.165, 1.54) is 0 Å². The van der Waals surface area contributed by atoms with Crippen molar-refractivity contribution in [2.24, 2.45) is 0 Å². The molecule has 4 heterocycles. The van der Waals surface area contributed by atoms with Crippen LogP contribution in [0.5, 0.6) is 0 Å². The van der Waals surface area contributed by atoms with Gasteiger partial charge in [0, 0.05) is 40.6 Å². The Balaban J connectivity index is 1.53. The number of aromatic nitrogens is 6. The Bertz CT molecular complexity index is 1330. The number of fused-ring (bicyclic) bond motifs is 1. The van der Waals surface area contributed by atoms with Gasteiger partial charge in [0.2, 0.25) is 0 Å². The van der Waals surface area contributed by atoms with E-state index in [4.69, 9.17) is 4.98 Å². The molecule has 0 aliphatic rings. The van der Waals surface area contributed by atoms with E-state index in [9.17, 15) is 0 Å². The third-order valence-electron chi connectivity index (χ3n) is 4.74. The summed E-state index contributed by atoms with van der Waals surface area (Å²) in [7, 11) is 0. The highest BCUT2D eigenvalue weighted by atomic mass is 79.9. The van der Waals surface area contributed by atoms with E-state index in [0.29, 0.717) is 5.75 Å². The van der Waals surface area contributed by atoms with Crippen LogP contribution in [-0.4, -0.2) is 29.1 Å². The maximum atomic E-state index is 4.71. The van der Waals surface area contributed by atoms with E-state index in [1.807, 2.05) is 53.2 Å². The van der Waals surface area contributed by atoms with Gasteiger partial charge in [0.15, 0.2) is 11.0 Å². The van der Waals surface area contributed by atoms with Crippen molar-refractivity contribution in [2.45, 2.75) is 17.8 Å². The van der Waals surface area contributed by atoms with E-state index < -0.39 is 0 Å². The highest BCUT2D eigenvalue weighted by Crippen LogP contribution is 2.30. The molecule has 0 saturated heterocycles. The number of halogens is 1. The number of hydrogen-bond acceptors (Lipinski definition) is 5. The molecule has 0 atom stereocenters. The first-order valence-corrected chi connectivity index (χ1v) is 11.1. The van der Waals surface area contributed by atoms with Gasteiger partial charge in [0.25, 0.3) is 0 Å². The number of aryl methyl sites for hydroxylation is 1. The minimum absolute atomic E-state index is 0.694. The summed E-state index contributed by atoms with van der Waals surface area (Å²) in [4.78, 5) is 8.83. The maximum absolute atomic E-state index is 4.71. The molecule has 5 rings (SSSR count).